The number of aromatic nitrogens is 2. The summed E-state index contributed by atoms with van der Waals surface area (Å²) in [4.78, 5) is 22.1. The summed E-state index contributed by atoms with van der Waals surface area (Å²) in [6.45, 7) is 3.88. The van der Waals surface area contributed by atoms with Crippen molar-refractivity contribution in [3.05, 3.63) is 41.9 Å². The van der Waals surface area contributed by atoms with Gasteiger partial charge in [0, 0.05) is 38.7 Å². The number of methoxy groups -OCH3 is 1. The van der Waals surface area contributed by atoms with Gasteiger partial charge in [-0.1, -0.05) is 30.7 Å². The van der Waals surface area contributed by atoms with E-state index in [-0.39, 0.29) is 11.9 Å². The second-order valence-electron chi connectivity index (χ2n) is 7.87. The summed E-state index contributed by atoms with van der Waals surface area (Å²) in [7, 11) is 3.80. The van der Waals surface area contributed by atoms with Gasteiger partial charge in [-0.2, -0.15) is 0 Å². The Kier molecular flexibility index (Phi) is 5.78. The third kappa shape index (κ3) is 3.71. The second kappa shape index (κ2) is 8.45. The van der Waals surface area contributed by atoms with E-state index in [1.165, 1.54) is 6.42 Å². The van der Waals surface area contributed by atoms with Crippen molar-refractivity contribution in [3.63, 3.8) is 0 Å². The first-order chi connectivity index (χ1) is 13.7. The molecule has 1 atom stereocenters. The fraction of sp³-hybridized carbons (Fsp3) is 0.545. The van der Waals surface area contributed by atoms with Crippen LogP contribution in [-0.2, 0) is 29.1 Å². The van der Waals surface area contributed by atoms with Crippen molar-refractivity contribution < 1.29 is 9.53 Å². The van der Waals surface area contributed by atoms with Crippen molar-refractivity contribution in [1.82, 2.24) is 19.4 Å². The van der Waals surface area contributed by atoms with Crippen molar-refractivity contribution in [2.24, 2.45) is 0 Å². The Hall–Kier alpha value is -2.18. The monoisotopic (exact) mass is 382 g/mol. The molecular formula is C22H30N4O2. The molecule has 0 saturated carbocycles. The van der Waals surface area contributed by atoms with Gasteiger partial charge in [0.05, 0.1) is 24.5 Å². The third-order valence-electron chi connectivity index (χ3n) is 6.10. The summed E-state index contributed by atoms with van der Waals surface area (Å²) >= 11 is 0. The van der Waals surface area contributed by atoms with Gasteiger partial charge in [-0.25, -0.2) is 4.98 Å². The van der Waals surface area contributed by atoms with E-state index in [0.29, 0.717) is 6.61 Å². The van der Waals surface area contributed by atoms with E-state index in [1.54, 1.807) is 7.11 Å². The number of hydrogen-bond donors (Lipinski definition) is 0. The molecule has 6 nitrogen and oxygen atoms in total. The lowest BCUT2D eigenvalue weighted by Gasteiger charge is -2.35. The molecule has 1 aromatic heterocycles. The van der Waals surface area contributed by atoms with Crippen LogP contribution in [0.1, 0.15) is 30.7 Å². The minimum Gasteiger partial charge on any atom is -0.380 e. The Morgan fingerprint density at radius 3 is 2.86 bits per heavy atom. The molecule has 0 radical (unpaired) electrons. The zero-order chi connectivity index (χ0) is 19.5. The summed E-state index contributed by atoms with van der Waals surface area (Å²) in [5.41, 5.74) is 3.44. The number of nitrogens with zero attached hydrogens (tertiary/aromatic N) is 4. The molecule has 0 aliphatic carbocycles. The van der Waals surface area contributed by atoms with E-state index in [9.17, 15) is 4.79 Å². The van der Waals surface area contributed by atoms with Crippen molar-refractivity contribution in [3.8, 4) is 11.3 Å². The maximum absolute atomic E-state index is 13.1. The molecule has 2 aromatic rings. The third-order valence-corrected chi connectivity index (χ3v) is 6.10. The molecule has 2 aliphatic heterocycles. The smallest absolute Gasteiger partial charge is 0.239 e. The standard InChI is InChI=1S/C22H30N4O2/c1-24-11-6-5-9-19(24)22(27)25-12-10-21-23-15-20(26(21)14-13-25)18-8-4-3-7-17(18)16-28-2/h3-4,7-8,15,19H,5-6,9-14,16H2,1-2H3/t19-/m1/s1. The predicted octanol–water partition coefficient (Wildman–Crippen LogP) is 2.57. The summed E-state index contributed by atoms with van der Waals surface area (Å²) < 4.78 is 7.66. The Morgan fingerprint density at radius 2 is 2.04 bits per heavy atom. The zero-order valence-corrected chi connectivity index (χ0v) is 16.9. The molecule has 0 unspecified atom stereocenters. The molecule has 6 heteroatoms. The van der Waals surface area contributed by atoms with Crippen LogP contribution in [0.4, 0.5) is 0 Å². The van der Waals surface area contributed by atoms with Gasteiger partial charge in [0.2, 0.25) is 5.91 Å². The minimum absolute atomic E-state index is 0.0427. The minimum atomic E-state index is 0.0427. The number of benzene rings is 1. The lowest BCUT2D eigenvalue weighted by molar-refractivity contribution is -0.137. The van der Waals surface area contributed by atoms with E-state index in [4.69, 9.17) is 4.74 Å². The molecule has 2 aliphatic rings. The number of fused-ring (bicyclic) bond motifs is 1. The van der Waals surface area contributed by atoms with E-state index in [2.05, 4.69) is 39.7 Å². The van der Waals surface area contributed by atoms with E-state index in [0.717, 1.165) is 68.1 Å². The quantitative estimate of drug-likeness (QED) is 0.816. The van der Waals surface area contributed by atoms with Crippen LogP contribution in [0, 0.1) is 0 Å². The number of piperidine rings is 1. The van der Waals surface area contributed by atoms with Gasteiger partial charge in [0.1, 0.15) is 5.82 Å². The van der Waals surface area contributed by atoms with Gasteiger partial charge in [-0.05, 0) is 32.0 Å². The molecule has 3 heterocycles. The first-order valence-electron chi connectivity index (χ1n) is 10.3. The van der Waals surface area contributed by atoms with Crippen molar-refractivity contribution in [1.29, 1.82) is 0 Å². The fourth-order valence-electron chi connectivity index (χ4n) is 4.52. The highest BCUT2D eigenvalue weighted by molar-refractivity contribution is 5.82. The predicted molar refractivity (Wildman–Crippen MR) is 109 cm³/mol. The highest BCUT2D eigenvalue weighted by Crippen LogP contribution is 2.27. The first-order valence-corrected chi connectivity index (χ1v) is 10.3. The van der Waals surface area contributed by atoms with Crippen molar-refractivity contribution in [2.75, 3.05) is 33.8 Å². The largest absolute Gasteiger partial charge is 0.380 e. The molecule has 150 valence electrons. The van der Waals surface area contributed by atoms with Crippen LogP contribution < -0.4 is 0 Å². The van der Waals surface area contributed by atoms with Crippen LogP contribution in [-0.4, -0.2) is 65.1 Å². The summed E-state index contributed by atoms with van der Waals surface area (Å²) in [5, 5.41) is 0. The van der Waals surface area contributed by atoms with Crippen molar-refractivity contribution in [2.45, 2.75) is 44.9 Å². The van der Waals surface area contributed by atoms with Crippen LogP contribution in [0.2, 0.25) is 0 Å². The number of hydrogen-bond acceptors (Lipinski definition) is 4. The van der Waals surface area contributed by atoms with Crippen LogP contribution in [0.5, 0.6) is 0 Å². The van der Waals surface area contributed by atoms with E-state index in [1.807, 2.05) is 17.2 Å². The van der Waals surface area contributed by atoms with E-state index >= 15 is 0 Å². The zero-order valence-electron chi connectivity index (χ0n) is 16.9. The van der Waals surface area contributed by atoms with Crippen LogP contribution >= 0.6 is 0 Å². The van der Waals surface area contributed by atoms with Crippen LogP contribution in [0.25, 0.3) is 11.3 Å². The number of rotatable bonds is 4. The van der Waals surface area contributed by atoms with Crippen LogP contribution in [0.3, 0.4) is 0 Å². The average Bonchev–Trinajstić information content (AvgIpc) is 2.99. The number of carbonyl (C=O) groups is 1. The summed E-state index contributed by atoms with van der Waals surface area (Å²) in [6, 6.07) is 8.37. The van der Waals surface area contributed by atoms with E-state index < -0.39 is 0 Å². The van der Waals surface area contributed by atoms with Gasteiger partial charge >= 0.3 is 0 Å². The summed E-state index contributed by atoms with van der Waals surface area (Å²) in [5.74, 6) is 1.35. The lowest BCUT2D eigenvalue weighted by Crippen LogP contribution is -2.50. The topological polar surface area (TPSA) is 50.6 Å². The number of likely N-dealkylation sites (tertiary alicyclic amines) is 1. The molecule has 0 bridgehead atoms. The SMILES string of the molecule is COCc1ccccc1-c1cnc2n1CCN(C(=O)[C@H]1CCCCN1C)CC2. The Bertz CT molecular complexity index is 832. The molecule has 28 heavy (non-hydrogen) atoms. The molecule has 1 fully saturated rings. The van der Waals surface area contributed by atoms with Crippen molar-refractivity contribution >= 4 is 5.91 Å². The number of amides is 1. The van der Waals surface area contributed by atoms with Gasteiger partial charge < -0.3 is 14.2 Å². The fourth-order valence-corrected chi connectivity index (χ4v) is 4.52. The van der Waals surface area contributed by atoms with Gasteiger partial charge in [-0.15, -0.1) is 0 Å². The molecule has 0 spiro atoms. The second-order valence-corrected chi connectivity index (χ2v) is 7.87. The maximum Gasteiger partial charge on any atom is 0.239 e. The molecule has 1 amide bonds. The lowest BCUT2D eigenvalue weighted by atomic mass is 10.0. The van der Waals surface area contributed by atoms with Gasteiger partial charge in [0.15, 0.2) is 0 Å². The molecular weight excluding hydrogens is 352 g/mol. The average molecular weight is 383 g/mol. The normalized spacial score (nSPS) is 20.6. The summed E-state index contributed by atoms with van der Waals surface area (Å²) in [6.07, 6.45) is 6.09. The number of likely N-dealkylation sites (N-methyl/N-ethyl adjacent to an activating group) is 1. The number of ether oxygens (including phenoxy) is 1. The maximum atomic E-state index is 13.1. The Labute approximate surface area is 167 Å². The number of imidazole rings is 1. The first kappa shape index (κ1) is 19.2. The molecule has 1 saturated heterocycles. The van der Waals surface area contributed by atoms with Gasteiger partial charge in [-0.3, -0.25) is 9.69 Å². The highest BCUT2D eigenvalue weighted by Gasteiger charge is 2.31. The Morgan fingerprint density at radius 1 is 1.18 bits per heavy atom. The Balaban J connectivity index is 1.54. The highest BCUT2D eigenvalue weighted by atomic mass is 16.5. The number of carbonyl (C=O) groups excluding carboxylic acids is 1. The molecule has 4 rings (SSSR count). The molecule has 0 N–H and O–H groups in total. The van der Waals surface area contributed by atoms with Gasteiger partial charge in [0.25, 0.3) is 0 Å². The molecule has 1 aromatic carbocycles. The van der Waals surface area contributed by atoms with Crippen LogP contribution in [0.15, 0.2) is 30.5 Å².